The maximum Gasteiger partial charge on any atom is 0.253 e. The third-order valence-corrected chi connectivity index (χ3v) is 5.55. The highest BCUT2D eigenvalue weighted by Crippen LogP contribution is 2.17. The van der Waals surface area contributed by atoms with E-state index < -0.39 is 6.04 Å². The lowest BCUT2D eigenvalue weighted by molar-refractivity contribution is -0.123. The van der Waals surface area contributed by atoms with Gasteiger partial charge in [-0.2, -0.15) is 0 Å². The minimum atomic E-state index is -0.581. The minimum absolute atomic E-state index is 0.0152. The van der Waals surface area contributed by atoms with Crippen molar-refractivity contribution >= 4 is 23.4 Å². The summed E-state index contributed by atoms with van der Waals surface area (Å²) in [7, 11) is 0. The predicted molar refractivity (Wildman–Crippen MR) is 110 cm³/mol. The summed E-state index contributed by atoms with van der Waals surface area (Å²) in [6.45, 7) is 8.89. The summed E-state index contributed by atoms with van der Waals surface area (Å²) >= 11 is 6.08. The maximum absolute atomic E-state index is 12.6. The van der Waals surface area contributed by atoms with Crippen molar-refractivity contribution in [3.63, 3.8) is 0 Å². The van der Waals surface area contributed by atoms with Crippen molar-refractivity contribution in [2.24, 2.45) is 5.92 Å². The fourth-order valence-corrected chi connectivity index (χ4v) is 3.71. The molecule has 2 amide bonds. The van der Waals surface area contributed by atoms with Crippen molar-refractivity contribution in [1.29, 1.82) is 0 Å². The highest BCUT2D eigenvalue weighted by atomic mass is 35.5. The number of rotatable bonds is 8. The van der Waals surface area contributed by atoms with Crippen LogP contribution in [0.25, 0.3) is 0 Å². The number of carbonyl (C=O) groups excluding carboxylic acids is 2. The molecular formula is C21H32ClN3O2. The Balaban J connectivity index is 1.82. The molecule has 1 aliphatic rings. The summed E-state index contributed by atoms with van der Waals surface area (Å²) in [5.74, 6) is -0.479. The van der Waals surface area contributed by atoms with Crippen molar-refractivity contribution in [3.8, 4) is 0 Å². The van der Waals surface area contributed by atoms with E-state index in [9.17, 15) is 9.59 Å². The van der Waals surface area contributed by atoms with Gasteiger partial charge in [0.15, 0.2) is 0 Å². The molecule has 1 aromatic carbocycles. The number of nitrogens with one attached hydrogen (secondary N) is 2. The molecule has 2 N–H and O–H groups in total. The second kappa shape index (κ2) is 10.7. The molecule has 2 rings (SSSR count). The Hall–Kier alpha value is -1.59. The van der Waals surface area contributed by atoms with Gasteiger partial charge in [0, 0.05) is 19.1 Å². The van der Waals surface area contributed by atoms with E-state index in [4.69, 9.17) is 11.6 Å². The summed E-state index contributed by atoms with van der Waals surface area (Å²) in [6.07, 6.45) is 4.75. The Kier molecular flexibility index (Phi) is 8.58. The monoisotopic (exact) mass is 393 g/mol. The molecular weight excluding hydrogens is 362 g/mol. The third kappa shape index (κ3) is 6.51. The molecule has 1 aromatic rings. The molecule has 1 fully saturated rings. The summed E-state index contributed by atoms with van der Waals surface area (Å²) in [5, 5.41) is 6.18. The van der Waals surface area contributed by atoms with Crippen LogP contribution in [0, 0.1) is 5.92 Å². The molecule has 2 atom stereocenters. The lowest BCUT2D eigenvalue weighted by Gasteiger charge is -2.33. The van der Waals surface area contributed by atoms with E-state index >= 15 is 0 Å². The number of amides is 2. The van der Waals surface area contributed by atoms with Crippen molar-refractivity contribution < 1.29 is 9.59 Å². The third-order valence-electron chi connectivity index (χ3n) is 5.22. The quantitative estimate of drug-likeness (QED) is 0.665. The van der Waals surface area contributed by atoms with Crippen LogP contribution in [0.4, 0.5) is 0 Å². The molecule has 0 saturated carbocycles. The van der Waals surface area contributed by atoms with Crippen molar-refractivity contribution in [1.82, 2.24) is 15.5 Å². The van der Waals surface area contributed by atoms with Crippen molar-refractivity contribution in [3.05, 3.63) is 34.9 Å². The van der Waals surface area contributed by atoms with Crippen LogP contribution in [0.15, 0.2) is 24.3 Å². The Morgan fingerprint density at radius 3 is 2.67 bits per heavy atom. The second-order valence-electron chi connectivity index (χ2n) is 7.70. The van der Waals surface area contributed by atoms with E-state index in [-0.39, 0.29) is 17.7 Å². The second-order valence-corrected chi connectivity index (χ2v) is 8.11. The first-order valence-corrected chi connectivity index (χ1v) is 10.3. The normalized spacial score (nSPS) is 18.9. The standard InChI is InChI=1S/C21H32ClN3O2/c1-15(2)19(24-20(26)17-10-4-5-11-18(17)22)21(27)23-12-8-14-25-13-7-6-9-16(25)3/h4-5,10-11,15-16,19H,6-9,12-14H2,1-3H3,(H,23,27)(H,24,26). The highest BCUT2D eigenvalue weighted by Gasteiger charge is 2.25. The topological polar surface area (TPSA) is 61.4 Å². The molecule has 6 heteroatoms. The molecule has 0 aliphatic carbocycles. The minimum Gasteiger partial charge on any atom is -0.354 e. The molecule has 1 heterocycles. The Bertz CT molecular complexity index is 636. The average molecular weight is 394 g/mol. The maximum atomic E-state index is 12.6. The van der Waals surface area contributed by atoms with Crippen LogP contribution >= 0.6 is 11.6 Å². The van der Waals surface area contributed by atoms with Crippen LogP contribution in [0.2, 0.25) is 5.02 Å². The number of nitrogens with zero attached hydrogens (tertiary/aromatic N) is 1. The number of likely N-dealkylation sites (tertiary alicyclic amines) is 1. The average Bonchev–Trinajstić information content (AvgIpc) is 2.64. The van der Waals surface area contributed by atoms with Crippen LogP contribution in [0.5, 0.6) is 0 Å². The SMILES string of the molecule is CC(C)C(NC(=O)c1ccccc1Cl)C(=O)NCCCN1CCCCC1C. The summed E-state index contributed by atoms with van der Waals surface area (Å²) in [5.41, 5.74) is 0.386. The number of carbonyl (C=O) groups is 2. The molecule has 150 valence electrons. The molecule has 1 aliphatic heterocycles. The first-order chi connectivity index (χ1) is 12.9. The Morgan fingerprint density at radius 2 is 2.00 bits per heavy atom. The number of hydrogen-bond acceptors (Lipinski definition) is 3. The number of halogens is 1. The van der Waals surface area contributed by atoms with Gasteiger partial charge in [0.1, 0.15) is 6.04 Å². The van der Waals surface area contributed by atoms with E-state index in [1.54, 1.807) is 24.3 Å². The molecule has 0 radical (unpaired) electrons. The molecule has 0 spiro atoms. The van der Waals surface area contributed by atoms with Crippen LogP contribution in [0.3, 0.4) is 0 Å². The number of piperidine rings is 1. The van der Waals surface area contributed by atoms with E-state index in [2.05, 4.69) is 22.5 Å². The van der Waals surface area contributed by atoms with Crippen molar-refractivity contribution in [2.45, 2.75) is 58.5 Å². The van der Waals surface area contributed by atoms with Crippen LogP contribution in [-0.4, -0.2) is 48.4 Å². The first kappa shape index (κ1) is 21.7. The van der Waals surface area contributed by atoms with E-state index in [1.807, 2.05) is 13.8 Å². The van der Waals surface area contributed by atoms with Crippen LogP contribution in [0.1, 0.15) is 56.8 Å². The summed E-state index contributed by atoms with van der Waals surface area (Å²) in [6, 6.07) is 6.91. The van der Waals surface area contributed by atoms with Gasteiger partial charge in [-0.25, -0.2) is 0 Å². The number of hydrogen-bond donors (Lipinski definition) is 2. The van der Waals surface area contributed by atoms with E-state index in [1.165, 1.54) is 19.3 Å². The van der Waals surface area contributed by atoms with Crippen LogP contribution < -0.4 is 10.6 Å². The zero-order chi connectivity index (χ0) is 19.8. The summed E-state index contributed by atoms with van der Waals surface area (Å²) < 4.78 is 0. The lowest BCUT2D eigenvalue weighted by atomic mass is 10.0. The fourth-order valence-electron chi connectivity index (χ4n) is 3.49. The Labute approximate surface area is 167 Å². The van der Waals surface area contributed by atoms with E-state index in [0.29, 0.717) is 23.2 Å². The van der Waals surface area contributed by atoms with Gasteiger partial charge in [-0.3, -0.25) is 9.59 Å². The van der Waals surface area contributed by atoms with Gasteiger partial charge in [0.2, 0.25) is 5.91 Å². The molecule has 27 heavy (non-hydrogen) atoms. The molecule has 0 aromatic heterocycles. The summed E-state index contributed by atoms with van der Waals surface area (Å²) in [4.78, 5) is 27.5. The van der Waals surface area contributed by atoms with Gasteiger partial charge in [-0.15, -0.1) is 0 Å². The molecule has 2 unspecified atom stereocenters. The van der Waals surface area contributed by atoms with Crippen LogP contribution in [-0.2, 0) is 4.79 Å². The van der Waals surface area contributed by atoms with Gasteiger partial charge in [0.05, 0.1) is 10.6 Å². The number of benzene rings is 1. The molecule has 5 nitrogen and oxygen atoms in total. The zero-order valence-electron chi connectivity index (χ0n) is 16.6. The smallest absolute Gasteiger partial charge is 0.253 e. The van der Waals surface area contributed by atoms with Gasteiger partial charge < -0.3 is 15.5 Å². The first-order valence-electron chi connectivity index (χ1n) is 9.97. The predicted octanol–water partition coefficient (Wildman–Crippen LogP) is 3.48. The molecule has 0 bridgehead atoms. The highest BCUT2D eigenvalue weighted by molar-refractivity contribution is 6.33. The Morgan fingerprint density at radius 1 is 1.26 bits per heavy atom. The molecule has 1 saturated heterocycles. The van der Waals surface area contributed by atoms with Crippen molar-refractivity contribution in [2.75, 3.05) is 19.6 Å². The largest absolute Gasteiger partial charge is 0.354 e. The lowest BCUT2D eigenvalue weighted by Crippen LogP contribution is -2.50. The van der Waals surface area contributed by atoms with Gasteiger partial charge in [0.25, 0.3) is 5.91 Å². The fraction of sp³-hybridized carbons (Fsp3) is 0.619. The van der Waals surface area contributed by atoms with E-state index in [0.717, 1.165) is 19.5 Å². The van der Waals surface area contributed by atoms with Gasteiger partial charge in [-0.1, -0.05) is 44.0 Å². The zero-order valence-corrected chi connectivity index (χ0v) is 17.4. The van der Waals surface area contributed by atoms with Gasteiger partial charge >= 0.3 is 0 Å². The van der Waals surface area contributed by atoms with Gasteiger partial charge in [-0.05, 0) is 50.8 Å².